The van der Waals surface area contributed by atoms with Gasteiger partial charge < -0.3 is 5.11 Å². The van der Waals surface area contributed by atoms with E-state index in [4.69, 9.17) is 11.6 Å². The molecule has 70 valence electrons. The normalized spacial score (nSPS) is 10.5. The van der Waals surface area contributed by atoms with E-state index in [2.05, 4.69) is 0 Å². The van der Waals surface area contributed by atoms with Gasteiger partial charge in [0.05, 0.1) is 5.56 Å². The molecular formula is C10H11ClO2. The van der Waals surface area contributed by atoms with Crippen LogP contribution < -0.4 is 0 Å². The number of ketones is 1. The molecule has 0 spiro atoms. The van der Waals surface area contributed by atoms with Gasteiger partial charge in [-0.1, -0.05) is 25.4 Å². The van der Waals surface area contributed by atoms with Gasteiger partial charge in [-0.15, -0.1) is 0 Å². The van der Waals surface area contributed by atoms with E-state index in [1.54, 1.807) is 19.9 Å². The highest BCUT2D eigenvalue weighted by Crippen LogP contribution is 2.23. The second-order valence-electron chi connectivity index (χ2n) is 3.18. The first-order chi connectivity index (χ1) is 6.02. The van der Waals surface area contributed by atoms with Crippen molar-refractivity contribution in [1.82, 2.24) is 0 Å². The van der Waals surface area contributed by atoms with Crippen LogP contribution in [0.2, 0.25) is 5.02 Å². The highest BCUT2D eigenvalue weighted by molar-refractivity contribution is 6.31. The Morgan fingerprint density at radius 3 is 2.62 bits per heavy atom. The first-order valence-corrected chi connectivity index (χ1v) is 4.43. The molecule has 0 atom stereocenters. The molecule has 0 bridgehead atoms. The van der Waals surface area contributed by atoms with Crippen molar-refractivity contribution in [2.24, 2.45) is 5.92 Å². The fourth-order valence-electron chi connectivity index (χ4n) is 1.02. The lowest BCUT2D eigenvalue weighted by Crippen LogP contribution is -2.07. The molecule has 0 aliphatic carbocycles. The predicted molar refractivity (Wildman–Crippen MR) is 52.3 cm³/mol. The summed E-state index contributed by atoms with van der Waals surface area (Å²) in [6, 6.07) is 4.46. The number of hydrogen-bond donors (Lipinski definition) is 1. The van der Waals surface area contributed by atoms with Crippen molar-refractivity contribution >= 4 is 17.4 Å². The van der Waals surface area contributed by atoms with Gasteiger partial charge in [-0.2, -0.15) is 0 Å². The molecule has 0 fully saturated rings. The maximum atomic E-state index is 11.5. The Hall–Kier alpha value is -1.02. The van der Waals surface area contributed by atoms with Gasteiger partial charge in [0.15, 0.2) is 5.78 Å². The molecule has 0 saturated carbocycles. The molecule has 0 radical (unpaired) electrons. The molecule has 0 heterocycles. The minimum absolute atomic E-state index is 0.0110. The average molecular weight is 199 g/mol. The van der Waals surface area contributed by atoms with Gasteiger partial charge in [-0.25, -0.2) is 0 Å². The van der Waals surface area contributed by atoms with Crippen LogP contribution in [-0.4, -0.2) is 10.9 Å². The minimum atomic E-state index is -0.135. The van der Waals surface area contributed by atoms with Crippen molar-refractivity contribution in [2.45, 2.75) is 13.8 Å². The number of carbonyl (C=O) groups excluding carboxylic acids is 1. The number of phenols is 1. The van der Waals surface area contributed by atoms with E-state index < -0.39 is 0 Å². The van der Waals surface area contributed by atoms with E-state index >= 15 is 0 Å². The standard InChI is InChI=1S/C10H11ClO2/c1-6(2)10(13)8-5-7(11)3-4-9(8)12/h3-6,12H,1-2H3. The molecule has 1 N–H and O–H groups in total. The number of benzene rings is 1. The highest BCUT2D eigenvalue weighted by atomic mass is 35.5. The Kier molecular flexibility index (Phi) is 2.94. The molecule has 2 nitrogen and oxygen atoms in total. The van der Waals surface area contributed by atoms with Crippen LogP contribution in [0.1, 0.15) is 24.2 Å². The van der Waals surface area contributed by atoms with Crippen LogP contribution in [0.15, 0.2) is 18.2 Å². The maximum absolute atomic E-state index is 11.5. The summed E-state index contributed by atoms with van der Waals surface area (Å²) < 4.78 is 0. The largest absolute Gasteiger partial charge is 0.507 e. The summed E-state index contributed by atoms with van der Waals surface area (Å²) in [5.41, 5.74) is 0.294. The zero-order chi connectivity index (χ0) is 10.0. The lowest BCUT2D eigenvalue weighted by molar-refractivity contribution is 0.0936. The first-order valence-electron chi connectivity index (χ1n) is 4.05. The van der Waals surface area contributed by atoms with Crippen LogP contribution in [0.25, 0.3) is 0 Å². The van der Waals surface area contributed by atoms with Crippen LogP contribution in [0, 0.1) is 5.92 Å². The molecule has 1 aromatic carbocycles. The van der Waals surface area contributed by atoms with Crippen molar-refractivity contribution < 1.29 is 9.90 Å². The van der Waals surface area contributed by atoms with Crippen molar-refractivity contribution in [3.8, 4) is 5.75 Å². The molecule has 13 heavy (non-hydrogen) atoms. The minimum Gasteiger partial charge on any atom is -0.507 e. The van der Waals surface area contributed by atoms with Gasteiger partial charge in [-0.05, 0) is 18.2 Å². The molecule has 0 aliphatic rings. The molecule has 0 amide bonds. The van der Waals surface area contributed by atoms with E-state index in [1.165, 1.54) is 12.1 Å². The highest BCUT2D eigenvalue weighted by Gasteiger charge is 2.14. The number of halogens is 1. The molecule has 0 aliphatic heterocycles. The second kappa shape index (κ2) is 3.79. The number of carbonyl (C=O) groups is 1. The topological polar surface area (TPSA) is 37.3 Å². The molecule has 0 saturated heterocycles. The summed E-state index contributed by atoms with van der Waals surface area (Å²) in [4.78, 5) is 11.5. The molecule has 1 rings (SSSR count). The fraction of sp³-hybridized carbons (Fsp3) is 0.300. The molecule has 0 unspecified atom stereocenters. The summed E-state index contributed by atoms with van der Waals surface area (Å²) in [5, 5.41) is 9.83. The third-order valence-electron chi connectivity index (χ3n) is 1.75. The van der Waals surface area contributed by atoms with Crippen molar-refractivity contribution in [2.75, 3.05) is 0 Å². The number of Topliss-reactive ketones (excluding diaryl/α,β-unsaturated/α-hetero) is 1. The van der Waals surface area contributed by atoms with Gasteiger partial charge in [0.25, 0.3) is 0 Å². The van der Waals surface area contributed by atoms with Crippen LogP contribution in [0.3, 0.4) is 0 Å². The van der Waals surface area contributed by atoms with E-state index in [-0.39, 0.29) is 17.5 Å². The number of hydrogen-bond acceptors (Lipinski definition) is 2. The quantitative estimate of drug-likeness (QED) is 0.742. The van der Waals surface area contributed by atoms with Gasteiger partial charge in [-0.3, -0.25) is 4.79 Å². The Bertz CT molecular complexity index is 332. The number of phenolic OH excluding ortho intramolecular Hbond substituents is 1. The van der Waals surface area contributed by atoms with Crippen molar-refractivity contribution in [1.29, 1.82) is 0 Å². The average Bonchev–Trinajstić information content (AvgIpc) is 2.08. The van der Waals surface area contributed by atoms with E-state index in [0.29, 0.717) is 10.6 Å². The lowest BCUT2D eigenvalue weighted by Gasteiger charge is -2.06. The SMILES string of the molecule is CC(C)C(=O)c1cc(Cl)ccc1O. The number of aromatic hydroxyl groups is 1. The van der Waals surface area contributed by atoms with Crippen molar-refractivity contribution in [3.63, 3.8) is 0 Å². The zero-order valence-corrected chi connectivity index (χ0v) is 8.30. The Balaban J connectivity index is 3.13. The summed E-state index contributed by atoms with van der Waals surface area (Å²) in [6.45, 7) is 3.56. The predicted octanol–water partition coefficient (Wildman–Crippen LogP) is 2.88. The summed E-state index contributed by atoms with van der Waals surface area (Å²) >= 11 is 5.70. The fourth-order valence-corrected chi connectivity index (χ4v) is 1.19. The Morgan fingerprint density at radius 2 is 2.08 bits per heavy atom. The van der Waals surface area contributed by atoms with E-state index in [9.17, 15) is 9.90 Å². The van der Waals surface area contributed by atoms with Gasteiger partial charge in [0, 0.05) is 10.9 Å². The third kappa shape index (κ3) is 2.22. The molecule has 3 heteroatoms. The van der Waals surface area contributed by atoms with Crippen molar-refractivity contribution in [3.05, 3.63) is 28.8 Å². The maximum Gasteiger partial charge on any atom is 0.169 e. The summed E-state index contributed by atoms with van der Waals surface area (Å²) in [6.07, 6.45) is 0. The zero-order valence-electron chi connectivity index (χ0n) is 7.54. The molecular weight excluding hydrogens is 188 g/mol. The molecule has 1 aromatic rings. The summed E-state index contributed by atoms with van der Waals surface area (Å²) in [7, 11) is 0. The van der Waals surface area contributed by atoms with Crippen LogP contribution in [0.5, 0.6) is 5.75 Å². The van der Waals surface area contributed by atoms with Crippen LogP contribution in [0.4, 0.5) is 0 Å². The Labute approximate surface area is 82.2 Å². The monoisotopic (exact) mass is 198 g/mol. The third-order valence-corrected chi connectivity index (χ3v) is 1.98. The lowest BCUT2D eigenvalue weighted by atomic mass is 10.0. The van der Waals surface area contributed by atoms with Crippen LogP contribution in [-0.2, 0) is 0 Å². The number of rotatable bonds is 2. The van der Waals surface area contributed by atoms with Gasteiger partial charge in [0.1, 0.15) is 5.75 Å². The van der Waals surface area contributed by atoms with E-state index in [0.717, 1.165) is 0 Å². The smallest absolute Gasteiger partial charge is 0.169 e. The second-order valence-corrected chi connectivity index (χ2v) is 3.62. The first kappa shape index (κ1) is 10.1. The summed E-state index contributed by atoms with van der Waals surface area (Å²) in [5.74, 6) is -0.243. The van der Waals surface area contributed by atoms with Gasteiger partial charge >= 0.3 is 0 Å². The van der Waals surface area contributed by atoms with E-state index in [1.807, 2.05) is 0 Å². The Morgan fingerprint density at radius 1 is 1.46 bits per heavy atom. The molecule has 0 aromatic heterocycles. The van der Waals surface area contributed by atoms with Gasteiger partial charge in [0.2, 0.25) is 0 Å². The van der Waals surface area contributed by atoms with Crippen LogP contribution >= 0.6 is 11.6 Å².